The van der Waals surface area contributed by atoms with E-state index in [0.717, 1.165) is 6.42 Å². The van der Waals surface area contributed by atoms with E-state index in [9.17, 15) is 14.7 Å². The first kappa shape index (κ1) is 14.6. The van der Waals surface area contributed by atoms with Crippen LogP contribution in [0.4, 0.5) is 0 Å². The Morgan fingerprint density at radius 1 is 1.32 bits per heavy atom. The first-order chi connectivity index (χ1) is 10.6. The van der Waals surface area contributed by atoms with Crippen molar-refractivity contribution < 1.29 is 14.3 Å². The molecule has 6 nitrogen and oxygen atoms in total. The fourth-order valence-electron chi connectivity index (χ4n) is 2.44. The van der Waals surface area contributed by atoms with Crippen molar-refractivity contribution in [1.82, 2.24) is 9.88 Å². The summed E-state index contributed by atoms with van der Waals surface area (Å²) in [5, 5.41) is 12.6. The lowest BCUT2D eigenvalue weighted by atomic mass is 9.80. The van der Waals surface area contributed by atoms with E-state index in [1.165, 1.54) is 10.6 Å². The van der Waals surface area contributed by atoms with Crippen molar-refractivity contribution in [1.29, 1.82) is 0 Å². The summed E-state index contributed by atoms with van der Waals surface area (Å²) in [4.78, 5) is 23.6. The summed E-state index contributed by atoms with van der Waals surface area (Å²) in [7, 11) is 0. The summed E-state index contributed by atoms with van der Waals surface area (Å²) in [5.41, 5.74) is -0.889. The maximum Gasteiger partial charge on any atom is 0.287 e. The number of aromatic nitrogens is 1. The second kappa shape index (κ2) is 5.81. The second-order valence-electron chi connectivity index (χ2n) is 5.69. The Kier molecular flexibility index (Phi) is 3.85. The second-order valence-corrected chi connectivity index (χ2v) is 5.69. The number of nitrogens with one attached hydrogen (secondary N) is 1. The van der Waals surface area contributed by atoms with Gasteiger partial charge in [0.1, 0.15) is 5.76 Å². The zero-order valence-electron chi connectivity index (χ0n) is 12.1. The van der Waals surface area contributed by atoms with Gasteiger partial charge in [-0.15, -0.1) is 0 Å². The van der Waals surface area contributed by atoms with Crippen LogP contribution in [-0.2, 0) is 6.54 Å². The highest BCUT2D eigenvalue weighted by Gasteiger charge is 2.34. The van der Waals surface area contributed by atoms with Gasteiger partial charge < -0.3 is 19.4 Å². The van der Waals surface area contributed by atoms with Crippen LogP contribution in [0.5, 0.6) is 0 Å². The van der Waals surface area contributed by atoms with Gasteiger partial charge in [-0.2, -0.15) is 0 Å². The molecule has 0 spiro atoms. The van der Waals surface area contributed by atoms with Crippen LogP contribution in [0.25, 0.3) is 0 Å². The van der Waals surface area contributed by atoms with Crippen LogP contribution < -0.4 is 10.9 Å². The molecule has 116 valence electrons. The van der Waals surface area contributed by atoms with Crippen molar-refractivity contribution in [2.75, 3.05) is 6.54 Å². The standard InChI is InChI=1S/C16H18N2O4/c19-14-4-1-2-9-18(14)10-12-5-6-13(22-12)15(20)17-11-16(21)7-3-8-16/h1-2,4-6,9,21H,3,7-8,10-11H2,(H,17,20). The summed E-state index contributed by atoms with van der Waals surface area (Å²) in [6.07, 6.45) is 4.08. The van der Waals surface area contributed by atoms with Crippen molar-refractivity contribution in [2.45, 2.75) is 31.4 Å². The number of hydrogen-bond donors (Lipinski definition) is 2. The Morgan fingerprint density at radius 2 is 2.14 bits per heavy atom. The summed E-state index contributed by atoms with van der Waals surface area (Å²) < 4.78 is 6.97. The van der Waals surface area contributed by atoms with Crippen molar-refractivity contribution in [3.05, 3.63) is 58.4 Å². The molecule has 0 saturated heterocycles. The number of nitrogens with zero attached hydrogens (tertiary/aromatic N) is 1. The van der Waals surface area contributed by atoms with Crippen LogP contribution in [0.2, 0.25) is 0 Å². The molecule has 2 N–H and O–H groups in total. The Balaban J connectivity index is 1.62. The van der Waals surface area contributed by atoms with Gasteiger partial charge in [-0.1, -0.05) is 6.07 Å². The lowest BCUT2D eigenvalue weighted by Gasteiger charge is -2.36. The highest BCUT2D eigenvalue weighted by Crippen LogP contribution is 2.30. The van der Waals surface area contributed by atoms with E-state index in [0.29, 0.717) is 18.6 Å². The zero-order chi connectivity index (χ0) is 15.6. The van der Waals surface area contributed by atoms with Gasteiger partial charge >= 0.3 is 0 Å². The third kappa shape index (κ3) is 3.12. The number of amides is 1. The van der Waals surface area contributed by atoms with Crippen LogP contribution in [0.1, 0.15) is 35.6 Å². The molecule has 0 aliphatic heterocycles. The number of hydrogen-bond acceptors (Lipinski definition) is 4. The highest BCUT2D eigenvalue weighted by atomic mass is 16.4. The molecule has 1 saturated carbocycles. The SMILES string of the molecule is O=C(NCC1(O)CCC1)c1ccc(Cn2ccccc2=O)o1. The van der Waals surface area contributed by atoms with Gasteiger partial charge in [0.05, 0.1) is 12.1 Å². The number of carbonyl (C=O) groups excluding carboxylic acids is 1. The maximum absolute atomic E-state index is 12.0. The van der Waals surface area contributed by atoms with Crippen LogP contribution in [0.3, 0.4) is 0 Å². The average Bonchev–Trinajstić information content (AvgIpc) is 2.94. The number of furan rings is 1. The van der Waals surface area contributed by atoms with Crippen LogP contribution in [-0.4, -0.2) is 27.7 Å². The summed E-state index contributed by atoms with van der Waals surface area (Å²) in [6, 6.07) is 8.15. The molecule has 0 unspecified atom stereocenters. The molecule has 0 aromatic carbocycles. The van der Waals surface area contributed by atoms with E-state index >= 15 is 0 Å². The van der Waals surface area contributed by atoms with Gasteiger partial charge in [-0.05, 0) is 37.5 Å². The lowest BCUT2D eigenvalue weighted by Crippen LogP contribution is -2.47. The summed E-state index contributed by atoms with van der Waals surface area (Å²) in [6.45, 7) is 0.511. The first-order valence-corrected chi connectivity index (χ1v) is 7.31. The van der Waals surface area contributed by atoms with Crippen LogP contribution >= 0.6 is 0 Å². The van der Waals surface area contributed by atoms with Gasteiger partial charge in [0.25, 0.3) is 11.5 Å². The quantitative estimate of drug-likeness (QED) is 0.867. The number of aliphatic hydroxyl groups is 1. The Morgan fingerprint density at radius 3 is 2.82 bits per heavy atom. The Hall–Kier alpha value is -2.34. The number of pyridine rings is 1. The zero-order valence-corrected chi connectivity index (χ0v) is 12.1. The molecule has 0 radical (unpaired) electrons. The molecule has 2 heterocycles. The fourth-order valence-corrected chi connectivity index (χ4v) is 2.44. The third-order valence-electron chi connectivity index (χ3n) is 3.97. The molecule has 3 rings (SSSR count). The predicted molar refractivity (Wildman–Crippen MR) is 79.6 cm³/mol. The predicted octanol–water partition coefficient (Wildman–Crippen LogP) is 1.13. The van der Waals surface area contributed by atoms with E-state index in [2.05, 4.69) is 5.32 Å². The topological polar surface area (TPSA) is 84.5 Å². The molecular weight excluding hydrogens is 284 g/mol. The number of rotatable bonds is 5. The molecule has 0 atom stereocenters. The van der Waals surface area contributed by atoms with Gasteiger partial charge in [0.15, 0.2) is 5.76 Å². The van der Waals surface area contributed by atoms with Crippen molar-refractivity contribution in [2.24, 2.45) is 0 Å². The van der Waals surface area contributed by atoms with Crippen molar-refractivity contribution in [3.63, 3.8) is 0 Å². The van der Waals surface area contributed by atoms with E-state index in [-0.39, 0.29) is 30.3 Å². The van der Waals surface area contributed by atoms with Gasteiger partial charge in [0.2, 0.25) is 0 Å². The molecule has 1 amide bonds. The molecule has 2 aromatic heterocycles. The molecule has 22 heavy (non-hydrogen) atoms. The Labute approximate surface area is 127 Å². The minimum absolute atomic E-state index is 0.128. The smallest absolute Gasteiger partial charge is 0.287 e. The summed E-state index contributed by atoms with van der Waals surface area (Å²) in [5.74, 6) is 0.356. The average molecular weight is 302 g/mol. The summed E-state index contributed by atoms with van der Waals surface area (Å²) >= 11 is 0. The van der Waals surface area contributed by atoms with Crippen molar-refractivity contribution >= 4 is 5.91 Å². The fraction of sp³-hybridized carbons (Fsp3) is 0.375. The molecular formula is C16H18N2O4. The minimum Gasteiger partial charge on any atom is -0.454 e. The largest absolute Gasteiger partial charge is 0.454 e. The Bertz CT molecular complexity index is 727. The van der Waals surface area contributed by atoms with Gasteiger partial charge in [-0.25, -0.2) is 0 Å². The van der Waals surface area contributed by atoms with Crippen molar-refractivity contribution in [3.8, 4) is 0 Å². The lowest BCUT2D eigenvalue weighted by molar-refractivity contribution is -0.0302. The van der Waals surface area contributed by atoms with E-state index < -0.39 is 5.60 Å². The first-order valence-electron chi connectivity index (χ1n) is 7.31. The van der Waals surface area contributed by atoms with Gasteiger partial charge in [-0.3, -0.25) is 9.59 Å². The van der Waals surface area contributed by atoms with E-state index in [1.54, 1.807) is 30.5 Å². The third-order valence-corrected chi connectivity index (χ3v) is 3.97. The monoisotopic (exact) mass is 302 g/mol. The molecule has 1 aliphatic rings. The number of carbonyl (C=O) groups is 1. The molecule has 1 aliphatic carbocycles. The molecule has 1 fully saturated rings. The minimum atomic E-state index is -0.761. The van der Waals surface area contributed by atoms with Crippen LogP contribution in [0, 0.1) is 0 Å². The molecule has 2 aromatic rings. The van der Waals surface area contributed by atoms with Gasteiger partial charge in [0, 0.05) is 18.8 Å². The molecule has 0 bridgehead atoms. The maximum atomic E-state index is 12.0. The van der Waals surface area contributed by atoms with Crippen LogP contribution in [0.15, 0.2) is 45.7 Å². The van der Waals surface area contributed by atoms with E-state index in [4.69, 9.17) is 4.42 Å². The highest BCUT2D eigenvalue weighted by molar-refractivity contribution is 5.91. The normalized spacial score (nSPS) is 16.0. The molecule has 6 heteroatoms. The van der Waals surface area contributed by atoms with E-state index in [1.807, 2.05) is 0 Å².